The van der Waals surface area contributed by atoms with Crippen molar-refractivity contribution >= 4 is 27.2 Å². The molecule has 102 valence electrons. The van der Waals surface area contributed by atoms with Gasteiger partial charge in [-0.15, -0.1) is 0 Å². The van der Waals surface area contributed by atoms with E-state index >= 15 is 0 Å². The Morgan fingerprint density at radius 1 is 1.10 bits per heavy atom. The van der Waals surface area contributed by atoms with Crippen LogP contribution in [0.3, 0.4) is 0 Å². The van der Waals surface area contributed by atoms with Crippen LogP contribution in [0, 0.1) is 24.8 Å². The zero-order chi connectivity index (χ0) is 15.2. The number of rotatable bonds is 3. The molecule has 0 radical (unpaired) electrons. The zero-order valence-electron chi connectivity index (χ0n) is 11.6. The van der Waals surface area contributed by atoms with Gasteiger partial charge in [0.25, 0.3) is 0 Å². The minimum absolute atomic E-state index is 0.391. The molecule has 21 heavy (non-hydrogen) atoms. The van der Waals surface area contributed by atoms with E-state index in [2.05, 4.69) is 26.8 Å². The summed E-state index contributed by atoms with van der Waals surface area (Å²) < 4.78 is 0. The average molecular weight is 337 g/mol. The summed E-state index contributed by atoms with van der Waals surface area (Å²) in [6.45, 7) is 9.42. The second-order valence-electron chi connectivity index (χ2n) is 4.64. The van der Waals surface area contributed by atoms with E-state index in [1.165, 1.54) is 0 Å². The summed E-state index contributed by atoms with van der Waals surface area (Å²) in [4.78, 5) is 3.58. The minimum Gasteiger partial charge on any atom is -0.236 e. The smallest absolute Gasteiger partial charge is 0.212 e. The molecular weight excluding hydrogens is 324 g/mol. The summed E-state index contributed by atoms with van der Waals surface area (Å²) in [6, 6.07) is 17.5. The highest BCUT2D eigenvalue weighted by Crippen LogP contribution is 2.27. The molecule has 0 heterocycles. The Bertz CT molecular complexity index is 742. The summed E-state index contributed by atoms with van der Waals surface area (Å²) in [5.41, 5.74) is 4.61. The lowest BCUT2D eigenvalue weighted by atomic mass is 9.99. The average Bonchev–Trinajstić information content (AvgIpc) is 2.54. The van der Waals surface area contributed by atoms with Crippen LogP contribution in [0.4, 0.5) is 0 Å². The van der Waals surface area contributed by atoms with E-state index < -0.39 is 0 Å². The van der Waals surface area contributed by atoms with Crippen LogP contribution >= 0.6 is 15.9 Å². The first-order valence-corrected chi connectivity index (χ1v) is 7.56. The first-order chi connectivity index (χ1) is 10.2. The molecule has 0 N–H and O–H groups in total. The molecule has 3 heteroatoms. The van der Waals surface area contributed by atoms with E-state index in [1.54, 1.807) is 0 Å². The van der Waals surface area contributed by atoms with Crippen LogP contribution in [0.1, 0.15) is 22.3 Å². The van der Waals surface area contributed by atoms with Gasteiger partial charge in [-0.25, -0.2) is 4.85 Å². The molecule has 0 atom stereocenters. The zero-order valence-corrected chi connectivity index (χ0v) is 13.2. The minimum atomic E-state index is 0.391. The van der Waals surface area contributed by atoms with Crippen molar-refractivity contribution < 1.29 is 0 Å². The molecule has 2 rings (SSSR count). The summed E-state index contributed by atoms with van der Waals surface area (Å²) in [5, 5.41) is 10.2. The van der Waals surface area contributed by atoms with Gasteiger partial charge < -0.3 is 0 Å². The maximum atomic E-state index is 9.45. The third-order valence-electron chi connectivity index (χ3n) is 3.18. The Hall–Kier alpha value is -2.36. The number of hydrogen-bond acceptors (Lipinski definition) is 1. The van der Waals surface area contributed by atoms with E-state index in [0.29, 0.717) is 11.3 Å². The molecule has 2 nitrogen and oxygen atoms in total. The van der Waals surface area contributed by atoms with Crippen LogP contribution in [0.25, 0.3) is 16.1 Å². The molecule has 0 amide bonds. The Labute approximate surface area is 133 Å². The highest BCUT2D eigenvalue weighted by molar-refractivity contribution is 9.08. The van der Waals surface area contributed by atoms with Gasteiger partial charge in [0.15, 0.2) is 0 Å². The van der Waals surface area contributed by atoms with Crippen molar-refractivity contribution in [1.29, 1.82) is 5.26 Å². The lowest BCUT2D eigenvalue weighted by Gasteiger charge is -2.06. The standard InChI is InChI=1S/C18H13BrN2/c1-13-3-7-15(8-4-13)17(12-20)18(21-2)16-9-5-14(11-19)6-10-16/h3-10H,11H2,1H3/b18-17-. The van der Waals surface area contributed by atoms with Gasteiger partial charge in [0.1, 0.15) is 0 Å². The van der Waals surface area contributed by atoms with Crippen LogP contribution in [0.5, 0.6) is 0 Å². The number of aryl methyl sites for hydroxylation is 1. The van der Waals surface area contributed by atoms with Crippen molar-refractivity contribution in [2.75, 3.05) is 0 Å². The highest BCUT2D eigenvalue weighted by atomic mass is 79.9. The molecule has 0 aliphatic rings. The summed E-state index contributed by atoms with van der Waals surface area (Å²) in [7, 11) is 0. The number of hydrogen-bond donors (Lipinski definition) is 0. The second-order valence-corrected chi connectivity index (χ2v) is 5.20. The molecule has 0 spiro atoms. The molecule has 2 aromatic rings. The molecule has 0 aliphatic carbocycles. The molecule has 0 aromatic heterocycles. The largest absolute Gasteiger partial charge is 0.236 e. The fraction of sp³-hybridized carbons (Fsp3) is 0.111. The Balaban J connectivity index is 2.56. The maximum absolute atomic E-state index is 9.45. The molecule has 0 unspecified atom stereocenters. The number of nitrogens with zero attached hydrogens (tertiary/aromatic N) is 2. The first kappa shape index (κ1) is 15.0. The molecule has 0 saturated heterocycles. The van der Waals surface area contributed by atoms with E-state index in [-0.39, 0.29) is 0 Å². The van der Waals surface area contributed by atoms with Gasteiger partial charge in [-0.2, -0.15) is 5.26 Å². The Kier molecular flexibility index (Phi) is 4.93. The van der Waals surface area contributed by atoms with Gasteiger partial charge in [0.2, 0.25) is 5.70 Å². The number of alkyl halides is 1. The van der Waals surface area contributed by atoms with Gasteiger partial charge in [-0.1, -0.05) is 70.0 Å². The van der Waals surface area contributed by atoms with Gasteiger partial charge in [-0.3, -0.25) is 0 Å². The van der Waals surface area contributed by atoms with E-state index in [4.69, 9.17) is 6.57 Å². The van der Waals surface area contributed by atoms with Crippen molar-refractivity contribution in [2.24, 2.45) is 0 Å². The number of nitriles is 1. The Morgan fingerprint density at radius 3 is 2.14 bits per heavy atom. The second kappa shape index (κ2) is 6.88. The van der Waals surface area contributed by atoms with Gasteiger partial charge in [0.05, 0.1) is 18.2 Å². The fourth-order valence-corrected chi connectivity index (χ4v) is 2.36. The third-order valence-corrected chi connectivity index (χ3v) is 3.83. The molecule has 0 aliphatic heterocycles. The first-order valence-electron chi connectivity index (χ1n) is 6.43. The van der Waals surface area contributed by atoms with Crippen molar-refractivity contribution in [2.45, 2.75) is 12.3 Å². The van der Waals surface area contributed by atoms with Crippen molar-refractivity contribution in [3.05, 3.63) is 82.2 Å². The molecular formula is C18H13BrN2. The van der Waals surface area contributed by atoms with Crippen LogP contribution in [-0.4, -0.2) is 0 Å². The van der Waals surface area contributed by atoms with Crippen LogP contribution in [-0.2, 0) is 5.33 Å². The molecule has 0 fully saturated rings. The van der Waals surface area contributed by atoms with E-state index in [9.17, 15) is 5.26 Å². The Morgan fingerprint density at radius 2 is 1.67 bits per heavy atom. The van der Waals surface area contributed by atoms with Crippen LogP contribution < -0.4 is 0 Å². The molecule has 0 saturated carbocycles. The number of halogens is 1. The van der Waals surface area contributed by atoms with Gasteiger partial charge >= 0.3 is 0 Å². The predicted octanol–water partition coefficient (Wildman–Crippen LogP) is 5.20. The SMILES string of the molecule is [C-]#[N+]/C(=C(/C#N)c1ccc(C)cc1)c1ccc(CBr)cc1. The summed E-state index contributed by atoms with van der Waals surface area (Å²) in [5.74, 6) is 0. The molecule has 2 aromatic carbocycles. The number of allylic oxidation sites excluding steroid dienone is 1. The van der Waals surface area contributed by atoms with Gasteiger partial charge in [0, 0.05) is 5.33 Å². The summed E-state index contributed by atoms with van der Waals surface area (Å²) in [6.07, 6.45) is 0. The highest BCUT2D eigenvalue weighted by Gasteiger charge is 2.11. The maximum Gasteiger partial charge on any atom is 0.212 e. The van der Waals surface area contributed by atoms with Crippen LogP contribution in [0.15, 0.2) is 48.5 Å². The van der Waals surface area contributed by atoms with Gasteiger partial charge in [-0.05, 0) is 23.6 Å². The topological polar surface area (TPSA) is 28.1 Å². The van der Waals surface area contributed by atoms with Crippen molar-refractivity contribution in [3.8, 4) is 6.07 Å². The molecule has 0 bridgehead atoms. The van der Waals surface area contributed by atoms with Crippen LogP contribution in [0.2, 0.25) is 0 Å². The monoisotopic (exact) mass is 336 g/mol. The predicted molar refractivity (Wildman–Crippen MR) is 89.3 cm³/mol. The van der Waals surface area contributed by atoms with Crippen molar-refractivity contribution in [3.63, 3.8) is 0 Å². The fourth-order valence-electron chi connectivity index (χ4n) is 1.99. The third kappa shape index (κ3) is 3.40. The lowest BCUT2D eigenvalue weighted by molar-refractivity contribution is 1.42. The van der Waals surface area contributed by atoms with Crippen molar-refractivity contribution in [1.82, 2.24) is 0 Å². The lowest BCUT2D eigenvalue weighted by Crippen LogP contribution is -1.89. The quantitative estimate of drug-likeness (QED) is 0.327. The summed E-state index contributed by atoms with van der Waals surface area (Å²) >= 11 is 3.40. The van der Waals surface area contributed by atoms with E-state index in [1.807, 2.05) is 55.5 Å². The number of benzene rings is 2. The normalized spacial score (nSPS) is 11.2. The van der Waals surface area contributed by atoms with E-state index in [0.717, 1.165) is 27.6 Å².